The maximum absolute atomic E-state index is 13.1. The molecule has 2 aromatic rings. The number of anilines is 1. The first kappa shape index (κ1) is 18.7. The molecule has 0 aliphatic carbocycles. The molecule has 0 spiro atoms. The minimum Gasteiger partial charge on any atom is -0.495 e. The smallest absolute Gasteiger partial charge is 0.354 e. The highest BCUT2D eigenvalue weighted by atomic mass is 16.5. The fourth-order valence-corrected chi connectivity index (χ4v) is 3.62. The number of carboxylic acid groups (broad SMARTS) is 1. The standard InChI is InChI=1S/C20H20N4O5/c1-29-17-5-3-13(10-16(17)24-9-7-21-20(24)28)18(25)23-8-6-12-2-4-14(19(26)27)22-15(12)11-23/h2-5,10H,6-9,11H2,1H3,(H,21,28)(H,26,27). The molecule has 0 radical (unpaired) electrons. The van der Waals surface area contributed by atoms with Crippen molar-refractivity contribution < 1.29 is 24.2 Å². The van der Waals surface area contributed by atoms with E-state index >= 15 is 0 Å². The number of pyridine rings is 1. The van der Waals surface area contributed by atoms with Crippen LogP contribution in [0.3, 0.4) is 0 Å². The van der Waals surface area contributed by atoms with Gasteiger partial charge in [-0.2, -0.15) is 0 Å². The first-order valence-electron chi connectivity index (χ1n) is 9.22. The zero-order chi connectivity index (χ0) is 20.5. The highest BCUT2D eigenvalue weighted by Crippen LogP contribution is 2.31. The van der Waals surface area contributed by atoms with Crippen LogP contribution in [0.15, 0.2) is 30.3 Å². The molecule has 1 saturated heterocycles. The van der Waals surface area contributed by atoms with Crippen LogP contribution in [0, 0.1) is 0 Å². The third-order valence-electron chi connectivity index (χ3n) is 5.14. The Labute approximate surface area is 166 Å². The fraction of sp³-hybridized carbons (Fsp3) is 0.300. The van der Waals surface area contributed by atoms with Crippen molar-refractivity contribution in [2.45, 2.75) is 13.0 Å². The number of benzene rings is 1. The summed E-state index contributed by atoms with van der Waals surface area (Å²) in [7, 11) is 1.52. The van der Waals surface area contributed by atoms with Crippen molar-refractivity contribution in [2.75, 3.05) is 31.6 Å². The van der Waals surface area contributed by atoms with E-state index in [4.69, 9.17) is 9.84 Å². The van der Waals surface area contributed by atoms with Crippen LogP contribution in [0.5, 0.6) is 5.75 Å². The number of nitrogens with zero attached hydrogens (tertiary/aromatic N) is 3. The highest BCUT2D eigenvalue weighted by Gasteiger charge is 2.28. The zero-order valence-corrected chi connectivity index (χ0v) is 15.8. The number of ether oxygens (including phenoxy) is 1. The lowest BCUT2D eigenvalue weighted by Gasteiger charge is -2.29. The molecule has 1 aromatic carbocycles. The van der Waals surface area contributed by atoms with Crippen molar-refractivity contribution in [3.8, 4) is 5.75 Å². The third-order valence-corrected chi connectivity index (χ3v) is 5.14. The van der Waals surface area contributed by atoms with Crippen molar-refractivity contribution in [1.29, 1.82) is 0 Å². The largest absolute Gasteiger partial charge is 0.495 e. The molecular weight excluding hydrogens is 376 g/mol. The summed E-state index contributed by atoms with van der Waals surface area (Å²) in [6.07, 6.45) is 0.603. The van der Waals surface area contributed by atoms with E-state index < -0.39 is 5.97 Å². The summed E-state index contributed by atoms with van der Waals surface area (Å²) in [5.41, 5.74) is 2.47. The van der Waals surface area contributed by atoms with Gasteiger partial charge in [-0.05, 0) is 36.2 Å². The van der Waals surface area contributed by atoms with Gasteiger partial charge in [0, 0.05) is 25.2 Å². The van der Waals surface area contributed by atoms with E-state index in [0.29, 0.717) is 48.7 Å². The predicted octanol–water partition coefficient (Wildman–Crippen LogP) is 1.52. The van der Waals surface area contributed by atoms with Gasteiger partial charge in [-0.3, -0.25) is 9.69 Å². The summed E-state index contributed by atoms with van der Waals surface area (Å²) in [5.74, 6) is -0.794. The van der Waals surface area contributed by atoms with E-state index in [1.54, 1.807) is 34.1 Å². The van der Waals surface area contributed by atoms with Crippen LogP contribution in [-0.2, 0) is 13.0 Å². The number of nitrogens with one attached hydrogen (secondary N) is 1. The van der Waals surface area contributed by atoms with Crippen molar-refractivity contribution in [1.82, 2.24) is 15.2 Å². The molecule has 9 nitrogen and oxygen atoms in total. The number of urea groups is 1. The second-order valence-electron chi connectivity index (χ2n) is 6.85. The van der Waals surface area contributed by atoms with E-state index in [1.807, 2.05) is 0 Å². The van der Waals surface area contributed by atoms with Gasteiger partial charge in [0.1, 0.15) is 11.4 Å². The molecule has 150 valence electrons. The lowest BCUT2D eigenvalue weighted by molar-refractivity contribution is 0.0689. The number of methoxy groups -OCH3 is 1. The summed E-state index contributed by atoms with van der Waals surface area (Å²) in [4.78, 5) is 43.7. The maximum atomic E-state index is 13.1. The van der Waals surface area contributed by atoms with Gasteiger partial charge in [-0.15, -0.1) is 0 Å². The summed E-state index contributed by atoms with van der Waals surface area (Å²) in [6.45, 7) is 1.76. The Morgan fingerprint density at radius 2 is 2.03 bits per heavy atom. The lowest BCUT2D eigenvalue weighted by atomic mass is 10.0. The lowest BCUT2D eigenvalue weighted by Crippen LogP contribution is -2.37. The van der Waals surface area contributed by atoms with E-state index in [-0.39, 0.29) is 24.2 Å². The molecule has 29 heavy (non-hydrogen) atoms. The molecule has 4 rings (SSSR count). The first-order chi connectivity index (χ1) is 14.0. The van der Waals surface area contributed by atoms with Gasteiger partial charge in [-0.1, -0.05) is 6.07 Å². The zero-order valence-electron chi connectivity index (χ0n) is 15.8. The minimum atomic E-state index is -1.10. The number of aromatic nitrogens is 1. The third kappa shape index (κ3) is 3.46. The number of aromatic carboxylic acids is 1. The summed E-state index contributed by atoms with van der Waals surface area (Å²) < 4.78 is 5.36. The fourth-order valence-electron chi connectivity index (χ4n) is 3.62. The molecule has 0 unspecified atom stereocenters. The molecule has 1 fully saturated rings. The maximum Gasteiger partial charge on any atom is 0.354 e. The van der Waals surface area contributed by atoms with Crippen LogP contribution in [0.2, 0.25) is 0 Å². The second kappa shape index (κ2) is 7.42. The Morgan fingerprint density at radius 3 is 2.72 bits per heavy atom. The Kier molecular flexibility index (Phi) is 4.79. The Bertz CT molecular complexity index is 1010. The first-order valence-corrected chi connectivity index (χ1v) is 9.22. The van der Waals surface area contributed by atoms with E-state index in [2.05, 4.69) is 10.3 Å². The van der Waals surface area contributed by atoms with Gasteiger partial charge in [0.2, 0.25) is 0 Å². The van der Waals surface area contributed by atoms with Gasteiger partial charge in [0.15, 0.2) is 0 Å². The van der Waals surface area contributed by atoms with Crippen LogP contribution < -0.4 is 15.0 Å². The summed E-state index contributed by atoms with van der Waals surface area (Å²) in [5, 5.41) is 11.9. The van der Waals surface area contributed by atoms with Gasteiger partial charge in [0.05, 0.1) is 25.0 Å². The van der Waals surface area contributed by atoms with Gasteiger partial charge in [-0.25, -0.2) is 14.6 Å². The van der Waals surface area contributed by atoms with Crippen molar-refractivity contribution in [2.24, 2.45) is 0 Å². The monoisotopic (exact) mass is 396 g/mol. The van der Waals surface area contributed by atoms with Gasteiger partial charge >= 0.3 is 12.0 Å². The van der Waals surface area contributed by atoms with E-state index in [9.17, 15) is 14.4 Å². The van der Waals surface area contributed by atoms with Gasteiger partial charge < -0.3 is 20.1 Å². The molecule has 9 heteroatoms. The molecule has 3 amide bonds. The number of carboxylic acids is 1. The number of carbonyl (C=O) groups excluding carboxylic acids is 2. The average molecular weight is 396 g/mol. The predicted molar refractivity (Wildman–Crippen MR) is 103 cm³/mol. The van der Waals surface area contributed by atoms with E-state index in [1.165, 1.54) is 13.2 Å². The Balaban J connectivity index is 1.61. The van der Waals surface area contributed by atoms with Crippen LogP contribution in [0.1, 0.15) is 32.1 Å². The van der Waals surface area contributed by atoms with Crippen LogP contribution in [0.25, 0.3) is 0 Å². The second-order valence-corrected chi connectivity index (χ2v) is 6.85. The number of hydrogen-bond donors (Lipinski definition) is 2. The van der Waals surface area contributed by atoms with Crippen LogP contribution in [-0.4, -0.2) is 59.6 Å². The molecule has 2 aliphatic heterocycles. The molecule has 0 saturated carbocycles. The Hall–Kier alpha value is -3.62. The molecule has 3 heterocycles. The molecule has 1 aromatic heterocycles. The molecular formula is C20H20N4O5. The quantitative estimate of drug-likeness (QED) is 0.810. The number of rotatable bonds is 4. The van der Waals surface area contributed by atoms with Crippen molar-refractivity contribution in [3.63, 3.8) is 0 Å². The normalized spacial score (nSPS) is 15.7. The SMILES string of the molecule is COc1ccc(C(=O)N2CCc3ccc(C(=O)O)nc3C2)cc1N1CCNC1=O. The number of hydrogen-bond acceptors (Lipinski definition) is 5. The van der Waals surface area contributed by atoms with Crippen molar-refractivity contribution in [3.05, 3.63) is 52.8 Å². The Morgan fingerprint density at radius 1 is 1.21 bits per heavy atom. The number of amides is 3. The number of carbonyl (C=O) groups is 3. The number of fused-ring (bicyclic) bond motifs is 1. The summed E-state index contributed by atoms with van der Waals surface area (Å²) >= 11 is 0. The molecule has 2 aliphatic rings. The topological polar surface area (TPSA) is 112 Å². The van der Waals surface area contributed by atoms with Crippen LogP contribution >= 0.6 is 0 Å². The summed E-state index contributed by atoms with van der Waals surface area (Å²) in [6, 6.07) is 8.00. The molecule has 2 N–H and O–H groups in total. The van der Waals surface area contributed by atoms with Crippen molar-refractivity contribution >= 4 is 23.6 Å². The van der Waals surface area contributed by atoms with Crippen LogP contribution in [0.4, 0.5) is 10.5 Å². The average Bonchev–Trinajstić information content (AvgIpc) is 3.17. The highest BCUT2D eigenvalue weighted by molar-refractivity contribution is 6.00. The molecule has 0 atom stereocenters. The van der Waals surface area contributed by atoms with E-state index in [0.717, 1.165) is 5.56 Å². The molecule has 0 bridgehead atoms. The van der Waals surface area contributed by atoms with Gasteiger partial charge in [0.25, 0.3) is 5.91 Å². The minimum absolute atomic E-state index is 0.0372.